The fraction of sp³-hybridized carbons (Fsp3) is 0.312. The second-order valence-corrected chi connectivity index (χ2v) is 4.61. The van der Waals surface area contributed by atoms with Gasteiger partial charge in [0.1, 0.15) is 0 Å². The average Bonchev–Trinajstić information content (AvgIpc) is 2.48. The van der Waals surface area contributed by atoms with Crippen molar-refractivity contribution < 1.29 is 29.0 Å². The van der Waals surface area contributed by atoms with E-state index in [2.05, 4.69) is 0 Å². The van der Waals surface area contributed by atoms with E-state index in [9.17, 15) is 14.4 Å². The smallest absolute Gasteiger partial charge is 0.331 e. The van der Waals surface area contributed by atoms with Gasteiger partial charge < -0.3 is 14.6 Å². The number of carboxylic acids is 1. The van der Waals surface area contributed by atoms with Crippen molar-refractivity contribution in [2.75, 3.05) is 13.7 Å². The van der Waals surface area contributed by atoms with Gasteiger partial charge in [-0.25, -0.2) is 9.59 Å². The van der Waals surface area contributed by atoms with Crippen LogP contribution in [0.4, 0.5) is 0 Å². The predicted octanol–water partition coefficient (Wildman–Crippen LogP) is 1.77. The number of Topliss-reactive ketones (excluding diaryl/α,β-unsaturated/α-hetero) is 1. The summed E-state index contributed by atoms with van der Waals surface area (Å²) in [6.45, 7) is 2.08. The Labute approximate surface area is 128 Å². The third kappa shape index (κ3) is 5.88. The first-order chi connectivity index (χ1) is 10.4. The molecule has 1 unspecified atom stereocenters. The zero-order chi connectivity index (χ0) is 16.5. The van der Waals surface area contributed by atoms with E-state index in [0.717, 1.165) is 11.6 Å². The molecule has 1 N–H and O–H groups in total. The van der Waals surface area contributed by atoms with Gasteiger partial charge in [0.25, 0.3) is 0 Å². The Morgan fingerprint density at radius 2 is 2.00 bits per heavy atom. The van der Waals surface area contributed by atoms with Crippen LogP contribution in [0.1, 0.15) is 22.3 Å². The Balaban J connectivity index is 2.85. The van der Waals surface area contributed by atoms with Gasteiger partial charge in [0.2, 0.25) is 5.78 Å². The van der Waals surface area contributed by atoms with Gasteiger partial charge in [0.15, 0.2) is 6.10 Å². The lowest BCUT2D eigenvalue weighted by Gasteiger charge is -2.16. The van der Waals surface area contributed by atoms with Crippen LogP contribution < -0.4 is 0 Å². The second kappa shape index (κ2) is 8.74. The molecular formula is C16H18O6. The fourth-order valence-electron chi connectivity index (χ4n) is 1.77. The largest absolute Gasteiger partial charge is 0.478 e. The van der Waals surface area contributed by atoms with E-state index in [1.165, 1.54) is 7.11 Å². The minimum Gasteiger partial charge on any atom is -0.478 e. The van der Waals surface area contributed by atoms with Crippen LogP contribution in [0.5, 0.6) is 0 Å². The molecule has 22 heavy (non-hydrogen) atoms. The molecule has 1 aromatic carbocycles. The quantitative estimate of drug-likeness (QED) is 0.447. The monoisotopic (exact) mass is 306 g/mol. The molecule has 0 spiro atoms. The highest BCUT2D eigenvalue weighted by Crippen LogP contribution is 2.12. The molecule has 0 fully saturated rings. The van der Waals surface area contributed by atoms with Gasteiger partial charge in [-0.2, -0.15) is 0 Å². The number of aryl methyl sites for hydroxylation is 1. The summed E-state index contributed by atoms with van der Waals surface area (Å²) in [6.07, 6.45) is 0.599. The van der Waals surface area contributed by atoms with E-state index in [0.29, 0.717) is 11.6 Å². The number of ether oxygens (including phenoxy) is 2. The number of methoxy groups -OCH3 is 1. The van der Waals surface area contributed by atoms with Crippen LogP contribution in [-0.4, -0.2) is 42.6 Å². The van der Waals surface area contributed by atoms with Crippen LogP contribution in [0.2, 0.25) is 0 Å². The Morgan fingerprint density at radius 3 is 2.59 bits per heavy atom. The van der Waals surface area contributed by atoms with Crippen LogP contribution in [0, 0.1) is 6.92 Å². The summed E-state index contributed by atoms with van der Waals surface area (Å²) >= 11 is 0. The summed E-state index contributed by atoms with van der Waals surface area (Å²) in [4.78, 5) is 34.3. The zero-order valence-corrected chi connectivity index (χ0v) is 12.4. The Hall–Kier alpha value is -2.47. The lowest BCUT2D eigenvalue weighted by Crippen LogP contribution is -2.28. The van der Waals surface area contributed by atoms with Crippen LogP contribution in [-0.2, 0) is 19.1 Å². The van der Waals surface area contributed by atoms with Crippen molar-refractivity contribution >= 4 is 17.7 Å². The van der Waals surface area contributed by atoms with E-state index in [-0.39, 0.29) is 18.8 Å². The molecule has 0 aliphatic heterocycles. The standard InChI is InChI=1S/C16H18O6/c1-11-4-3-5-12(10-11)16(20)13(8-9-21-2)22-15(19)7-6-14(17)18/h3-7,10,13H,8-9H2,1-2H3,(H,17,18). The summed E-state index contributed by atoms with van der Waals surface area (Å²) in [7, 11) is 1.47. The third-order valence-corrected chi connectivity index (χ3v) is 2.80. The average molecular weight is 306 g/mol. The van der Waals surface area contributed by atoms with E-state index < -0.39 is 18.0 Å². The van der Waals surface area contributed by atoms with Crippen molar-refractivity contribution in [1.82, 2.24) is 0 Å². The van der Waals surface area contributed by atoms with Crippen molar-refractivity contribution in [2.45, 2.75) is 19.4 Å². The number of benzene rings is 1. The lowest BCUT2D eigenvalue weighted by atomic mass is 10.0. The summed E-state index contributed by atoms with van der Waals surface area (Å²) < 4.78 is 9.95. The number of hydrogen-bond acceptors (Lipinski definition) is 5. The fourth-order valence-corrected chi connectivity index (χ4v) is 1.77. The maximum atomic E-state index is 12.4. The molecule has 6 heteroatoms. The first-order valence-electron chi connectivity index (χ1n) is 6.65. The predicted molar refractivity (Wildman–Crippen MR) is 78.7 cm³/mol. The Morgan fingerprint density at radius 1 is 1.27 bits per heavy atom. The minimum absolute atomic E-state index is 0.190. The minimum atomic E-state index is -1.27. The van der Waals surface area contributed by atoms with Crippen molar-refractivity contribution in [3.63, 3.8) is 0 Å². The van der Waals surface area contributed by atoms with Crippen molar-refractivity contribution in [3.05, 3.63) is 47.5 Å². The van der Waals surface area contributed by atoms with Gasteiger partial charge >= 0.3 is 11.9 Å². The van der Waals surface area contributed by atoms with Gasteiger partial charge in [-0.15, -0.1) is 0 Å². The van der Waals surface area contributed by atoms with Gasteiger partial charge in [-0.1, -0.05) is 23.8 Å². The number of carbonyl (C=O) groups is 3. The van der Waals surface area contributed by atoms with Crippen LogP contribution >= 0.6 is 0 Å². The van der Waals surface area contributed by atoms with E-state index in [1.54, 1.807) is 18.2 Å². The molecule has 1 atom stereocenters. The molecule has 1 aromatic rings. The van der Waals surface area contributed by atoms with Gasteiger partial charge in [-0.3, -0.25) is 4.79 Å². The normalized spacial score (nSPS) is 12.1. The number of esters is 1. The molecule has 0 aliphatic carbocycles. The molecule has 0 saturated heterocycles. The molecular weight excluding hydrogens is 288 g/mol. The SMILES string of the molecule is COCCC(OC(=O)C=CC(=O)O)C(=O)c1cccc(C)c1. The molecule has 0 saturated carbocycles. The number of hydrogen-bond donors (Lipinski definition) is 1. The molecule has 0 radical (unpaired) electrons. The topological polar surface area (TPSA) is 89.9 Å². The maximum absolute atomic E-state index is 12.4. The van der Waals surface area contributed by atoms with Crippen molar-refractivity contribution in [1.29, 1.82) is 0 Å². The molecule has 6 nitrogen and oxygen atoms in total. The molecule has 0 heterocycles. The number of ketones is 1. The first kappa shape index (κ1) is 17.6. The van der Waals surface area contributed by atoms with Crippen molar-refractivity contribution in [2.24, 2.45) is 0 Å². The molecule has 118 valence electrons. The highest BCUT2D eigenvalue weighted by Gasteiger charge is 2.23. The highest BCUT2D eigenvalue weighted by atomic mass is 16.5. The van der Waals surface area contributed by atoms with E-state index in [1.807, 2.05) is 13.0 Å². The summed E-state index contributed by atoms with van der Waals surface area (Å²) in [6, 6.07) is 6.92. The molecule has 0 aromatic heterocycles. The zero-order valence-electron chi connectivity index (χ0n) is 12.4. The van der Waals surface area contributed by atoms with Crippen LogP contribution in [0.25, 0.3) is 0 Å². The van der Waals surface area contributed by atoms with Crippen LogP contribution in [0.3, 0.4) is 0 Å². The first-order valence-corrected chi connectivity index (χ1v) is 6.65. The van der Waals surface area contributed by atoms with Gasteiger partial charge in [0, 0.05) is 31.2 Å². The second-order valence-electron chi connectivity index (χ2n) is 4.61. The molecule has 0 amide bonds. The number of aliphatic carboxylic acids is 1. The van der Waals surface area contributed by atoms with Gasteiger partial charge in [0.05, 0.1) is 6.61 Å². The lowest BCUT2D eigenvalue weighted by molar-refractivity contribution is -0.142. The third-order valence-electron chi connectivity index (χ3n) is 2.80. The molecule has 0 bridgehead atoms. The summed E-state index contributed by atoms with van der Waals surface area (Å²) in [5.41, 5.74) is 1.34. The van der Waals surface area contributed by atoms with Gasteiger partial charge in [-0.05, 0) is 13.0 Å². The molecule has 0 aliphatic rings. The highest BCUT2D eigenvalue weighted by molar-refractivity contribution is 6.01. The molecule has 1 rings (SSSR count). The van der Waals surface area contributed by atoms with E-state index >= 15 is 0 Å². The maximum Gasteiger partial charge on any atom is 0.331 e. The number of carboxylic acid groups (broad SMARTS) is 1. The van der Waals surface area contributed by atoms with Crippen LogP contribution in [0.15, 0.2) is 36.4 Å². The Kier molecular flexibility index (Phi) is 6.98. The number of carbonyl (C=O) groups excluding carboxylic acids is 2. The van der Waals surface area contributed by atoms with E-state index in [4.69, 9.17) is 14.6 Å². The summed E-state index contributed by atoms with van der Waals surface area (Å²) in [5.74, 6) is -2.50. The summed E-state index contributed by atoms with van der Waals surface area (Å²) in [5, 5.41) is 8.47. The number of rotatable bonds is 8. The van der Waals surface area contributed by atoms with Crippen molar-refractivity contribution in [3.8, 4) is 0 Å². The Bertz CT molecular complexity index is 576.